The van der Waals surface area contributed by atoms with Gasteiger partial charge in [0, 0.05) is 12.6 Å². The molecule has 0 spiro atoms. The molecule has 1 amide bonds. The molecule has 0 saturated carbocycles. The monoisotopic (exact) mass is 427 g/mol. The molecule has 2 atom stereocenters. The third-order valence-electron chi connectivity index (χ3n) is 5.14. The Morgan fingerprint density at radius 2 is 1.97 bits per heavy atom. The van der Waals surface area contributed by atoms with E-state index in [9.17, 15) is 9.59 Å². The summed E-state index contributed by atoms with van der Waals surface area (Å²) < 4.78 is 3.52. The second kappa shape index (κ2) is 9.93. The molecule has 160 valence electrons. The van der Waals surface area contributed by atoms with Crippen LogP contribution in [0.15, 0.2) is 46.5 Å². The zero-order valence-corrected chi connectivity index (χ0v) is 18.8. The quantitative estimate of drug-likeness (QED) is 0.402. The van der Waals surface area contributed by atoms with Crippen molar-refractivity contribution in [3.05, 3.63) is 46.9 Å². The molecule has 0 aliphatic rings. The standard InChI is InChI=1S/C22H29N5O2S/c1-5-7-14-26-21(29)17-10-8-9-11-18(17)24-22(26)30-16(4)20(28)25-19-12-13-23-27(19)15(3)6-2/h8-13,15-16H,5-7,14H2,1-4H3,(H,25,28)/t15-,16+/m0/s1. The fraction of sp³-hybridized carbons (Fsp3) is 0.455. The van der Waals surface area contributed by atoms with Gasteiger partial charge in [0.15, 0.2) is 5.16 Å². The van der Waals surface area contributed by atoms with Crippen LogP contribution in [-0.2, 0) is 11.3 Å². The van der Waals surface area contributed by atoms with Gasteiger partial charge in [-0.3, -0.25) is 14.2 Å². The molecule has 0 aliphatic carbocycles. The van der Waals surface area contributed by atoms with Crippen LogP contribution in [0.4, 0.5) is 5.82 Å². The van der Waals surface area contributed by atoms with Crippen LogP contribution in [0.5, 0.6) is 0 Å². The highest BCUT2D eigenvalue weighted by atomic mass is 32.2. The van der Waals surface area contributed by atoms with Crippen LogP contribution in [0.2, 0.25) is 0 Å². The maximum Gasteiger partial charge on any atom is 0.262 e. The molecule has 8 heteroatoms. The van der Waals surface area contributed by atoms with Crippen molar-refractivity contribution in [2.45, 2.75) is 70.0 Å². The molecule has 2 aromatic heterocycles. The minimum Gasteiger partial charge on any atom is -0.310 e. The lowest BCUT2D eigenvalue weighted by Crippen LogP contribution is -2.28. The van der Waals surface area contributed by atoms with E-state index in [0.717, 1.165) is 19.3 Å². The predicted molar refractivity (Wildman–Crippen MR) is 122 cm³/mol. The lowest BCUT2D eigenvalue weighted by atomic mass is 10.2. The molecule has 1 N–H and O–H groups in total. The molecular formula is C22H29N5O2S. The summed E-state index contributed by atoms with van der Waals surface area (Å²) in [5.74, 6) is 0.533. The fourth-order valence-electron chi connectivity index (χ4n) is 3.13. The van der Waals surface area contributed by atoms with E-state index in [1.165, 1.54) is 11.8 Å². The van der Waals surface area contributed by atoms with Crippen LogP contribution in [0.1, 0.15) is 53.0 Å². The number of nitrogens with one attached hydrogen (secondary N) is 1. The minimum atomic E-state index is -0.425. The number of carbonyl (C=O) groups is 1. The summed E-state index contributed by atoms with van der Waals surface area (Å²) in [6.07, 6.45) is 4.45. The van der Waals surface area contributed by atoms with Crippen LogP contribution in [0, 0.1) is 0 Å². The number of para-hydroxylation sites is 1. The van der Waals surface area contributed by atoms with Gasteiger partial charge in [-0.2, -0.15) is 5.10 Å². The van der Waals surface area contributed by atoms with Crippen molar-refractivity contribution in [3.8, 4) is 0 Å². The first-order chi connectivity index (χ1) is 14.5. The summed E-state index contributed by atoms with van der Waals surface area (Å²) in [6.45, 7) is 8.65. The zero-order valence-electron chi connectivity index (χ0n) is 18.0. The van der Waals surface area contributed by atoms with Gasteiger partial charge in [0.05, 0.1) is 28.4 Å². The van der Waals surface area contributed by atoms with Gasteiger partial charge in [-0.1, -0.05) is 44.2 Å². The maximum atomic E-state index is 13.0. The van der Waals surface area contributed by atoms with E-state index >= 15 is 0 Å². The van der Waals surface area contributed by atoms with Crippen molar-refractivity contribution in [1.29, 1.82) is 0 Å². The third kappa shape index (κ3) is 4.75. The Balaban J connectivity index is 1.85. The predicted octanol–water partition coefficient (Wildman–Crippen LogP) is 4.48. The van der Waals surface area contributed by atoms with Gasteiger partial charge in [0.25, 0.3) is 5.56 Å². The van der Waals surface area contributed by atoms with Gasteiger partial charge in [-0.15, -0.1) is 0 Å². The highest BCUT2D eigenvalue weighted by Crippen LogP contribution is 2.25. The SMILES string of the molecule is CCCCn1c(S[C@H](C)C(=O)Nc2ccnn2[C@@H](C)CC)nc2ccccc2c1=O. The van der Waals surface area contributed by atoms with Crippen molar-refractivity contribution in [2.24, 2.45) is 0 Å². The smallest absolute Gasteiger partial charge is 0.262 e. The summed E-state index contributed by atoms with van der Waals surface area (Å²) in [5, 5.41) is 8.03. The highest BCUT2D eigenvalue weighted by Gasteiger charge is 2.21. The second-order valence-corrected chi connectivity index (χ2v) is 8.70. The molecule has 0 unspecified atom stereocenters. The van der Waals surface area contributed by atoms with Crippen molar-refractivity contribution >= 4 is 34.4 Å². The molecule has 2 heterocycles. The number of carbonyl (C=O) groups excluding carboxylic acids is 1. The number of nitrogens with zero attached hydrogens (tertiary/aromatic N) is 4. The van der Waals surface area contributed by atoms with Gasteiger partial charge in [-0.05, 0) is 38.8 Å². The molecule has 0 aliphatic heterocycles. The van der Waals surface area contributed by atoms with E-state index < -0.39 is 5.25 Å². The molecule has 0 fully saturated rings. The summed E-state index contributed by atoms with van der Waals surface area (Å²) in [6, 6.07) is 9.34. The molecule has 3 rings (SSSR count). The third-order valence-corrected chi connectivity index (χ3v) is 6.23. The molecule has 3 aromatic rings. The average Bonchev–Trinajstić information content (AvgIpc) is 3.21. The second-order valence-electron chi connectivity index (χ2n) is 7.39. The Kier molecular flexibility index (Phi) is 7.31. The maximum absolute atomic E-state index is 13.0. The minimum absolute atomic E-state index is 0.0565. The number of fused-ring (bicyclic) bond motifs is 1. The van der Waals surface area contributed by atoms with Crippen LogP contribution in [0.3, 0.4) is 0 Å². The van der Waals surface area contributed by atoms with E-state index in [1.807, 2.05) is 29.8 Å². The van der Waals surface area contributed by atoms with Gasteiger partial charge in [0.2, 0.25) is 5.91 Å². The van der Waals surface area contributed by atoms with E-state index in [2.05, 4.69) is 31.2 Å². The summed E-state index contributed by atoms with van der Waals surface area (Å²) in [7, 11) is 0. The zero-order chi connectivity index (χ0) is 21.7. The van der Waals surface area contributed by atoms with E-state index in [-0.39, 0.29) is 17.5 Å². The molecule has 0 bridgehead atoms. The first-order valence-electron chi connectivity index (χ1n) is 10.5. The fourth-order valence-corrected chi connectivity index (χ4v) is 4.06. The Morgan fingerprint density at radius 1 is 1.20 bits per heavy atom. The van der Waals surface area contributed by atoms with E-state index in [1.54, 1.807) is 22.9 Å². The van der Waals surface area contributed by atoms with E-state index in [0.29, 0.717) is 28.4 Å². The number of anilines is 1. The van der Waals surface area contributed by atoms with E-state index in [4.69, 9.17) is 4.98 Å². The number of benzene rings is 1. The molecule has 7 nitrogen and oxygen atoms in total. The van der Waals surface area contributed by atoms with Crippen molar-refractivity contribution < 1.29 is 4.79 Å². The van der Waals surface area contributed by atoms with Crippen LogP contribution in [-0.4, -0.2) is 30.5 Å². The Morgan fingerprint density at radius 3 is 2.70 bits per heavy atom. The summed E-state index contributed by atoms with van der Waals surface area (Å²) in [4.78, 5) is 30.6. The number of thioether (sulfide) groups is 1. The highest BCUT2D eigenvalue weighted by molar-refractivity contribution is 8.00. The summed E-state index contributed by atoms with van der Waals surface area (Å²) in [5.41, 5.74) is 0.596. The Bertz CT molecular complexity index is 1070. The van der Waals surface area contributed by atoms with Gasteiger partial charge < -0.3 is 5.32 Å². The van der Waals surface area contributed by atoms with Crippen LogP contribution < -0.4 is 10.9 Å². The first kappa shape index (κ1) is 22.1. The molecule has 0 saturated heterocycles. The molecule has 0 radical (unpaired) electrons. The lowest BCUT2D eigenvalue weighted by Gasteiger charge is -2.18. The number of aromatic nitrogens is 4. The van der Waals surface area contributed by atoms with Crippen molar-refractivity contribution in [1.82, 2.24) is 19.3 Å². The number of hydrogen-bond donors (Lipinski definition) is 1. The number of hydrogen-bond acceptors (Lipinski definition) is 5. The normalized spacial score (nSPS) is 13.3. The largest absolute Gasteiger partial charge is 0.310 e. The first-order valence-corrected chi connectivity index (χ1v) is 11.3. The van der Waals surface area contributed by atoms with Crippen LogP contribution in [0.25, 0.3) is 10.9 Å². The molecule has 1 aromatic carbocycles. The number of amides is 1. The number of unbranched alkanes of at least 4 members (excludes halogenated alkanes) is 1. The van der Waals surface area contributed by atoms with Gasteiger partial charge >= 0.3 is 0 Å². The summed E-state index contributed by atoms with van der Waals surface area (Å²) >= 11 is 1.31. The number of rotatable bonds is 9. The Labute approximate surface area is 180 Å². The van der Waals surface area contributed by atoms with Crippen molar-refractivity contribution in [3.63, 3.8) is 0 Å². The topological polar surface area (TPSA) is 81.8 Å². The lowest BCUT2D eigenvalue weighted by molar-refractivity contribution is -0.115. The van der Waals surface area contributed by atoms with Gasteiger partial charge in [-0.25, -0.2) is 9.67 Å². The van der Waals surface area contributed by atoms with Crippen LogP contribution >= 0.6 is 11.8 Å². The van der Waals surface area contributed by atoms with Gasteiger partial charge in [0.1, 0.15) is 5.82 Å². The van der Waals surface area contributed by atoms with Crippen molar-refractivity contribution in [2.75, 3.05) is 5.32 Å². The molecule has 30 heavy (non-hydrogen) atoms. The average molecular weight is 428 g/mol. The molecular weight excluding hydrogens is 398 g/mol. The Hall–Kier alpha value is -2.61.